The lowest BCUT2D eigenvalue weighted by Gasteiger charge is -2.33. The van der Waals surface area contributed by atoms with Crippen LogP contribution >= 0.6 is 11.6 Å². The molecule has 0 aliphatic carbocycles. The van der Waals surface area contributed by atoms with E-state index in [-0.39, 0.29) is 18.9 Å². The number of carboxylic acid groups (broad SMARTS) is 1. The van der Waals surface area contributed by atoms with Crippen LogP contribution in [0.4, 0.5) is 0 Å². The predicted molar refractivity (Wildman–Crippen MR) is 121 cm³/mol. The van der Waals surface area contributed by atoms with Gasteiger partial charge in [-0.3, -0.25) is 14.4 Å². The van der Waals surface area contributed by atoms with Gasteiger partial charge in [0.2, 0.25) is 21.8 Å². The summed E-state index contributed by atoms with van der Waals surface area (Å²) in [7, 11) is -4.25. The smallest absolute Gasteiger partial charge is 0.318 e. The van der Waals surface area contributed by atoms with Gasteiger partial charge in [0.05, 0.1) is 13.2 Å². The molecule has 10 nitrogen and oxygen atoms in total. The molecule has 1 aromatic rings. The summed E-state index contributed by atoms with van der Waals surface area (Å²) < 4.78 is 31.9. The normalized spacial score (nSPS) is 20.6. The monoisotopic (exact) mass is 499 g/mol. The van der Waals surface area contributed by atoms with Crippen LogP contribution in [0.25, 0.3) is 6.08 Å². The van der Waals surface area contributed by atoms with E-state index in [9.17, 15) is 27.9 Å². The number of hydrogen-bond acceptors (Lipinski definition) is 6. The Labute approximate surface area is 197 Å². The van der Waals surface area contributed by atoms with Crippen LogP contribution in [-0.2, 0) is 29.1 Å². The molecule has 2 amide bonds. The van der Waals surface area contributed by atoms with E-state index >= 15 is 0 Å². The average molecular weight is 500 g/mol. The van der Waals surface area contributed by atoms with Crippen LogP contribution in [0, 0.1) is 0 Å². The van der Waals surface area contributed by atoms with Crippen molar-refractivity contribution in [2.24, 2.45) is 0 Å². The van der Waals surface area contributed by atoms with E-state index in [0.29, 0.717) is 41.2 Å². The minimum absolute atomic E-state index is 0.0842. The highest BCUT2D eigenvalue weighted by atomic mass is 35.5. The van der Waals surface area contributed by atoms with Crippen molar-refractivity contribution in [3.63, 3.8) is 0 Å². The molecule has 0 unspecified atom stereocenters. The Bertz CT molecular complexity index is 1020. The number of nitrogens with zero attached hydrogens (tertiary/aromatic N) is 3. The van der Waals surface area contributed by atoms with Crippen molar-refractivity contribution in [1.29, 1.82) is 0 Å². The lowest BCUT2D eigenvalue weighted by molar-refractivity contribution is -0.147. The maximum atomic E-state index is 13.1. The number of hydrogen-bond donors (Lipinski definition) is 1. The fourth-order valence-corrected chi connectivity index (χ4v) is 5.30. The van der Waals surface area contributed by atoms with E-state index in [1.54, 1.807) is 36.1 Å². The molecule has 2 heterocycles. The number of rotatable bonds is 8. The quantitative estimate of drug-likeness (QED) is 0.562. The van der Waals surface area contributed by atoms with Crippen LogP contribution < -0.4 is 0 Å². The van der Waals surface area contributed by atoms with E-state index < -0.39 is 40.5 Å². The molecular weight excluding hydrogens is 474 g/mol. The van der Waals surface area contributed by atoms with Crippen molar-refractivity contribution in [2.75, 3.05) is 39.4 Å². The number of halogens is 1. The summed E-state index contributed by atoms with van der Waals surface area (Å²) in [5.74, 6) is -2.22. The molecule has 0 spiro atoms. The summed E-state index contributed by atoms with van der Waals surface area (Å²) in [5, 5.41) is 10.7. The van der Waals surface area contributed by atoms with Gasteiger partial charge in [-0.2, -0.15) is 4.31 Å². The highest BCUT2D eigenvalue weighted by Crippen LogP contribution is 2.24. The van der Waals surface area contributed by atoms with Gasteiger partial charge in [-0.25, -0.2) is 8.42 Å². The van der Waals surface area contributed by atoms with E-state index in [2.05, 4.69) is 0 Å². The summed E-state index contributed by atoms with van der Waals surface area (Å²) >= 11 is 5.83. The van der Waals surface area contributed by atoms with Crippen LogP contribution in [0.5, 0.6) is 0 Å². The molecule has 0 radical (unpaired) electrons. The molecule has 12 heteroatoms. The second-order valence-corrected chi connectivity index (χ2v) is 10.00. The van der Waals surface area contributed by atoms with Crippen molar-refractivity contribution < 1.29 is 32.6 Å². The zero-order valence-electron chi connectivity index (χ0n) is 18.1. The number of benzene rings is 1. The third kappa shape index (κ3) is 6.11. The molecule has 3 rings (SSSR count). The topological polar surface area (TPSA) is 125 Å². The fraction of sp³-hybridized carbons (Fsp3) is 0.476. The summed E-state index contributed by atoms with van der Waals surface area (Å²) in [4.78, 5) is 40.2. The van der Waals surface area contributed by atoms with Gasteiger partial charge < -0.3 is 19.6 Å². The SMILES string of the molecule is C[C@@H](C(=O)N1CCOCC1)N1CC[C@H](N(CC(=O)O)S(=O)(=O)/C=C/c2ccc(Cl)cc2)C1=O. The Morgan fingerprint density at radius 1 is 1.24 bits per heavy atom. The van der Waals surface area contributed by atoms with E-state index in [4.69, 9.17) is 16.3 Å². The van der Waals surface area contributed by atoms with Gasteiger partial charge in [-0.1, -0.05) is 23.7 Å². The molecule has 180 valence electrons. The molecule has 1 aromatic carbocycles. The molecule has 33 heavy (non-hydrogen) atoms. The van der Waals surface area contributed by atoms with Crippen molar-refractivity contribution >= 4 is 45.5 Å². The van der Waals surface area contributed by atoms with Crippen molar-refractivity contribution in [3.8, 4) is 0 Å². The Morgan fingerprint density at radius 2 is 1.88 bits per heavy atom. The Hall–Kier alpha value is -2.47. The van der Waals surface area contributed by atoms with Crippen LogP contribution in [-0.4, -0.2) is 96.9 Å². The molecule has 2 aliphatic heterocycles. The second kappa shape index (κ2) is 10.6. The number of carbonyl (C=O) groups excluding carboxylic acids is 2. The van der Waals surface area contributed by atoms with Gasteiger partial charge in [0, 0.05) is 30.1 Å². The van der Waals surface area contributed by atoms with Crippen LogP contribution in [0.3, 0.4) is 0 Å². The Kier molecular flexibility index (Phi) is 8.11. The Balaban J connectivity index is 1.78. The van der Waals surface area contributed by atoms with E-state index in [1.165, 1.54) is 11.0 Å². The van der Waals surface area contributed by atoms with Gasteiger partial charge in [-0.15, -0.1) is 0 Å². The van der Waals surface area contributed by atoms with Gasteiger partial charge in [0.15, 0.2) is 0 Å². The van der Waals surface area contributed by atoms with Crippen molar-refractivity contribution in [1.82, 2.24) is 14.1 Å². The molecular formula is C21H26ClN3O7S. The number of amides is 2. The fourth-order valence-electron chi connectivity index (χ4n) is 3.85. The molecule has 2 saturated heterocycles. The first-order valence-electron chi connectivity index (χ1n) is 10.4. The highest BCUT2D eigenvalue weighted by molar-refractivity contribution is 7.92. The average Bonchev–Trinajstić information content (AvgIpc) is 3.17. The van der Waals surface area contributed by atoms with Crippen LogP contribution in [0.2, 0.25) is 5.02 Å². The Morgan fingerprint density at radius 3 is 2.48 bits per heavy atom. The number of ether oxygens (including phenoxy) is 1. The highest BCUT2D eigenvalue weighted by Gasteiger charge is 2.44. The first-order valence-corrected chi connectivity index (χ1v) is 12.3. The third-order valence-corrected chi connectivity index (χ3v) is 7.40. The summed E-state index contributed by atoms with van der Waals surface area (Å²) in [6, 6.07) is 4.40. The molecule has 2 aliphatic rings. The van der Waals surface area contributed by atoms with Crippen molar-refractivity contribution in [2.45, 2.75) is 25.4 Å². The number of likely N-dealkylation sites (tertiary alicyclic amines) is 1. The molecule has 0 aromatic heterocycles. The standard InChI is InChI=1S/C21H26ClN3O7S/c1-15(20(28)23-9-11-32-12-10-23)24-8-6-18(21(24)29)25(14-19(26)27)33(30,31)13-7-16-2-4-17(22)5-3-16/h2-5,7,13,15,18H,6,8-12,14H2,1H3,(H,26,27)/b13-7+/t15-,18-/m0/s1. The summed E-state index contributed by atoms with van der Waals surface area (Å²) in [5.41, 5.74) is 0.544. The van der Waals surface area contributed by atoms with Gasteiger partial charge in [0.25, 0.3) is 0 Å². The van der Waals surface area contributed by atoms with Gasteiger partial charge in [0.1, 0.15) is 18.6 Å². The zero-order chi connectivity index (χ0) is 24.2. The minimum Gasteiger partial charge on any atom is -0.480 e. The summed E-state index contributed by atoms with van der Waals surface area (Å²) in [6.07, 6.45) is 1.39. The van der Waals surface area contributed by atoms with Gasteiger partial charge in [-0.05, 0) is 37.1 Å². The molecule has 2 fully saturated rings. The maximum absolute atomic E-state index is 13.1. The third-order valence-electron chi connectivity index (χ3n) is 5.63. The lowest BCUT2D eigenvalue weighted by atomic mass is 10.2. The van der Waals surface area contributed by atoms with Crippen LogP contribution in [0.15, 0.2) is 29.7 Å². The molecule has 1 N–H and O–H groups in total. The first kappa shape index (κ1) is 25.2. The largest absolute Gasteiger partial charge is 0.480 e. The van der Waals surface area contributed by atoms with E-state index in [1.807, 2.05) is 0 Å². The minimum atomic E-state index is -4.25. The number of carboxylic acids is 1. The lowest BCUT2D eigenvalue weighted by Crippen LogP contribution is -2.53. The number of carbonyl (C=O) groups is 3. The molecule has 0 bridgehead atoms. The molecule has 2 atom stereocenters. The second-order valence-electron chi connectivity index (χ2n) is 7.79. The van der Waals surface area contributed by atoms with E-state index in [0.717, 1.165) is 5.41 Å². The summed E-state index contributed by atoms with van der Waals surface area (Å²) in [6.45, 7) is 2.54. The maximum Gasteiger partial charge on any atom is 0.318 e. The van der Waals surface area contributed by atoms with Crippen LogP contribution in [0.1, 0.15) is 18.9 Å². The predicted octanol–water partition coefficient (Wildman–Crippen LogP) is 0.875. The number of morpholine rings is 1. The zero-order valence-corrected chi connectivity index (χ0v) is 19.7. The van der Waals surface area contributed by atoms with Gasteiger partial charge >= 0.3 is 5.97 Å². The molecule has 0 saturated carbocycles. The first-order chi connectivity index (χ1) is 15.6. The number of sulfonamides is 1. The number of aliphatic carboxylic acids is 1. The van der Waals surface area contributed by atoms with Crippen molar-refractivity contribution in [3.05, 3.63) is 40.3 Å².